The number of benzene rings is 4. The Kier molecular flexibility index (Phi) is 4.83. The highest BCUT2D eigenvalue weighted by Gasteiger charge is 2.06. The predicted octanol–water partition coefficient (Wildman–Crippen LogP) is 6.06. The molecule has 0 aromatic heterocycles. The molecule has 26 heavy (non-hydrogen) atoms. The van der Waals surface area contributed by atoms with Gasteiger partial charge in [0.25, 0.3) is 0 Å². The molecular formula is C24H22N2. The Hall–Kier alpha value is -3.26. The average Bonchev–Trinajstić information content (AvgIpc) is 2.72. The minimum atomic E-state index is 0.812. The van der Waals surface area contributed by atoms with E-state index in [2.05, 4.69) is 95.6 Å². The van der Waals surface area contributed by atoms with Crippen LogP contribution in [0, 0.1) is 0 Å². The fraction of sp³-hybridized carbons (Fsp3) is 0.0833. The molecule has 0 spiro atoms. The summed E-state index contributed by atoms with van der Waals surface area (Å²) in [5.41, 5.74) is 4.86. The first-order chi connectivity index (χ1) is 12.9. The molecule has 2 N–H and O–H groups in total. The van der Waals surface area contributed by atoms with Gasteiger partial charge in [-0.05, 0) is 28.6 Å². The molecule has 0 atom stereocenters. The second-order valence-electron chi connectivity index (χ2n) is 6.39. The maximum Gasteiger partial charge on any atom is 0.0443 e. The fourth-order valence-electron chi connectivity index (χ4n) is 3.22. The first-order valence-electron chi connectivity index (χ1n) is 8.97. The summed E-state index contributed by atoms with van der Waals surface area (Å²) in [5, 5.41) is 9.68. The average molecular weight is 338 g/mol. The summed E-state index contributed by atoms with van der Waals surface area (Å²) in [7, 11) is 0. The lowest BCUT2D eigenvalue weighted by Gasteiger charge is -2.15. The van der Waals surface area contributed by atoms with Gasteiger partial charge in [-0.25, -0.2) is 0 Å². The van der Waals surface area contributed by atoms with Crippen molar-refractivity contribution in [3.63, 3.8) is 0 Å². The Labute approximate surface area is 154 Å². The van der Waals surface area contributed by atoms with Gasteiger partial charge in [0.2, 0.25) is 0 Å². The third-order valence-corrected chi connectivity index (χ3v) is 4.56. The van der Waals surface area contributed by atoms with E-state index in [9.17, 15) is 0 Å². The molecule has 0 aliphatic carbocycles. The molecule has 0 saturated carbocycles. The van der Waals surface area contributed by atoms with E-state index in [4.69, 9.17) is 0 Å². The van der Waals surface area contributed by atoms with E-state index in [0.717, 1.165) is 24.5 Å². The van der Waals surface area contributed by atoms with Crippen LogP contribution in [0.2, 0.25) is 0 Å². The minimum Gasteiger partial charge on any atom is -0.380 e. The molecule has 4 aromatic carbocycles. The van der Waals surface area contributed by atoms with Gasteiger partial charge in [0, 0.05) is 29.9 Å². The van der Waals surface area contributed by atoms with Crippen molar-refractivity contribution in [3.05, 3.63) is 108 Å². The Morgan fingerprint density at radius 1 is 0.462 bits per heavy atom. The lowest BCUT2D eigenvalue weighted by atomic mass is 10.1. The molecule has 4 rings (SSSR count). The van der Waals surface area contributed by atoms with Crippen LogP contribution in [0.5, 0.6) is 0 Å². The maximum atomic E-state index is 3.60. The molecule has 0 amide bonds. The van der Waals surface area contributed by atoms with Gasteiger partial charge in [0.15, 0.2) is 0 Å². The number of fused-ring (bicyclic) bond motifs is 1. The van der Waals surface area contributed by atoms with Crippen molar-refractivity contribution in [2.75, 3.05) is 10.6 Å². The van der Waals surface area contributed by atoms with Crippen molar-refractivity contribution in [3.8, 4) is 0 Å². The molecule has 0 aliphatic heterocycles. The largest absolute Gasteiger partial charge is 0.380 e. The molecule has 0 bridgehead atoms. The zero-order valence-corrected chi connectivity index (χ0v) is 14.7. The molecule has 4 aromatic rings. The first-order valence-corrected chi connectivity index (χ1v) is 8.97. The summed E-state index contributed by atoms with van der Waals surface area (Å²) in [6, 6.07) is 33.8. The molecule has 0 saturated heterocycles. The van der Waals surface area contributed by atoms with Crippen LogP contribution >= 0.6 is 0 Å². The molecule has 0 radical (unpaired) electrons. The monoisotopic (exact) mass is 338 g/mol. The van der Waals surface area contributed by atoms with Crippen LogP contribution in [0.4, 0.5) is 11.4 Å². The molecule has 0 aliphatic rings. The SMILES string of the molecule is c1ccc(CNc2cccc3cccc(NCc4ccccc4)c23)cc1. The first kappa shape index (κ1) is 16.2. The van der Waals surface area contributed by atoms with Crippen molar-refractivity contribution in [2.45, 2.75) is 13.1 Å². The maximum absolute atomic E-state index is 3.60. The smallest absolute Gasteiger partial charge is 0.0443 e. The van der Waals surface area contributed by atoms with Crippen LogP contribution in [-0.2, 0) is 13.1 Å². The van der Waals surface area contributed by atoms with E-state index >= 15 is 0 Å². The third kappa shape index (κ3) is 3.70. The predicted molar refractivity (Wildman–Crippen MR) is 111 cm³/mol. The number of hydrogen-bond acceptors (Lipinski definition) is 2. The van der Waals surface area contributed by atoms with Gasteiger partial charge in [0.05, 0.1) is 0 Å². The van der Waals surface area contributed by atoms with Gasteiger partial charge in [0.1, 0.15) is 0 Å². The lowest BCUT2D eigenvalue weighted by Crippen LogP contribution is -2.03. The molecule has 0 unspecified atom stereocenters. The third-order valence-electron chi connectivity index (χ3n) is 4.56. The van der Waals surface area contributed by atoms with Gasteiger partial charge in [-0.3, -0.25) is 0 Å². The van der Waals surface area contributed by atoms with Gasteiger partial charge in [-0.1, -0.05) is 84.9 Å². The van der Waals surface area contributed by atoms with Gasteiger partial charge in [-0.2, -0.15) is 0 Å². The Bertz CT molecular complexity index is 900. The second kappa shape index (κ2) is 7.75. The fourth-order valence-corrected chi connectivity index (χ4v) is 3.22. The summed E-state index contributed by atoms with van der Waals surface area (Å²) in [6.07, 6.45) is 0. The number of rotatable bonds is 6. The molecule has 128 valence electrons. The van der Waals surface area contributed by atoms with E-state index in [1.165, 1.54) is 21.9 Å². The van der Waals surface area contributed by atoms with Crippen LogP contribution < -0.4 is 10.6 Å². The van der Waals surface area contributed by atoms with E-state index in [1.54, 1.807) is 0 Å². The lowest BCUT2D eigenvalue weighted by molar-refractivity contribution is 1.15. The molecule has 0 fully saturated rings. The Balaban J connectivity index is 1.61. The summed E-state index contributed by atoms with van der Waals surface area (Å²) in [6.45, 7) is 1.62. The van der Waals surface area contributed by atoms with Crippen molar-refractivity contribution >= 4 is 22.1 Å². The van der Waals surface area contributed by atoms with Crippen molar-refractivity contribution in [1.82, 2.24) is 0 Å². The van der Waals surface area contributed by atoms with Crippen LogP contribution in [0.25, 0.3) is 10.8 Å². The highest BCUT2D eigenvalue weighted by atomic mass is 14.9. The van der Waals surface area contributed by atoms with Gasteiger partial charge < -0.3 is 10.6 Å². The van der Waals surface area contributed by atoms with Gasteiger partial charge >= 0.3 is 0 Å². The van der Waals surface area contributed by atoms with Crippen LogP contribution in [0.3, 0.4) is 0 Å². The van der Waals surface area contributed by atoms with Crippen molar-refractivity contribution < 1.29 is 0 Å². The van der Waals surface area contributed by atoms with E-state index < -0.39 is 0 Å². The Morgan fingerprint density at radius 3 is 1.38 bits per heavy atom. The zero-order chi connectivity index (χ0) is 17.6. The summed E-state index contributed by atoms with van der Waals surface area (Å²) >= 11 is 0. The molecular weight excluding hydrogens is 316 g/mol. The minimum absolute atomic E-state index is 0.812. The van der Waals surface area contributed by atoms with Gasteiger partial charge in [-0.15, -0.1) is 0 Å². The second-order valence-corrected chi connectivity index (χ2v) is 6.39. The quantitative estimate of drug-likeness (QED) is 0.446. The molecule has 0 heterocycles. The zero-order valence-electron chi connectivity index (χ0n) is 14.7. The standard InChI is InChI=1S/C24H22N2/c1-3-9-19(10-4-1)17-25-22-15-7-13-21-14-8-16-23(24(21)22)26-18-20-11-5-2-6-12-20/h1-16,25-26H,17-18H2. The van der Waals surface area contributed by atoms with Crippen LogP contribution in [-0.4, -0.2) is 0 Å². The van der Waals surface area contributed by atoms with Crippen molar-refractivity contribution in [1.29, 1.82) is 0 Å². The van der Waals surface area contributed by atoms with E-state index in [-0.39, 0.29) is 0 Å². The molecule has 2 heteroatoms. The summed E-state index contributed by atoms with van der Waals surface area (Å²) in [5.74, 6) is 0. The Morgan fingerprint density at radius 2 is 0.923 bits per heavy atom. The normalized spacial score (nSPS) is 10.6. The number of nitrogens with one attached hydrogen (secondary N) is 2. The number of hydrogen-bond donors (Lipinski definition) is 2. The summed E-state index contributed by atoms with van der Waals surface area (Å²) in [4.78, 5) is 0. The van der Waals surface area contributed by atoms with E-state index in [0.29, 0.717) is 0 Å². The summed E-state index contributed by atoms with van der Waals surface area (Å²) < 4.78 is 0. The molecule has 2 nitrogen and oxygen atoms in total. The van der Waals surface area contributed by atoms with Crippen LogP contribution in [0.1, 0.15) is 11.1 Å². The van der Waals surface area contributed by atoms with Crippen molar-refractivity contribution in [2.24, 2.45) is 0 Å². The highest BCUT2D eigenvalue weighted by Crippen LogP contribution is 2.31. The topological polar surface area (TPSA) is 24.1 Å². The highest BCUT2D eigenvalue weighted by molar-refractivity contribution is 6.03. The van der Waals surface area contributed by atoms with Crippen LogP contribution in [0.15, 0.2) is 97.1 Å². The number of anilines is 2. The van der Waals surface area contributed by atoms with E-state index in [1.807, 2.05) is 12.1 Å².